The molecule has 0 atom stereocenters. The third kappa shape index (κ3) is 5.61. The van der Waals surface area contributed by atoms with Gasteiger partial charge in [0.15, 0.2) is 0 Å². The Morgan fingerprint density at radius 3 is 2.56 bits per heavy atom. The lowest BCUT2D eigenvalue weighted by atomic mass is 9.86. The lowest BCUT2D eigenvalue weighted by molar-refractivity contribution is 0.0946. The van der Waals surface area contributed by atoms with Crippen molar-refractivity contribution in [1.82, 2.24) is 5.32 Å². The molecule has 0 saturated carbocycles. The monoisotopic (exact) mass is 367 g/mol. The van der Waals surface area contributed by atoms with Crippen LogP contribution < -0.4 is 14.8 Å². The number of carbonyl (C=O) groups excluding carboxylic acids is 1. The van der Waals surface area contributed by atoms with E-state index < -0.39 is 0 Å². The normalized spacial score (nSPS) is 11.0. The second-order valence-electron chi connectivity index (χ2n) is 7.37. The van der Waals surface area contributed by atoms with Gasteiger partial charge >= 0.3 is 0 Å². The van der Waals surface area contributed by atoms with Crippen LogP contribution in [0.25, 0.3) is 0 Å². The van der Waals surface area contributed by atoms with Crippen molar-refractivity contribution in [2.45, 2.75) is 32.6 Å². The predicted octanol–water partition coefficient (Wildman–Crippen LogP) is 4.53. The van der Waals surface area contributed by atoms with Crippen LogP contribution in [0, 0.1) is 0 Å². The minimum Gasteiger partial charge on any atom is -0.496 e. The average molecular weight is 367 g/mol. The Kier molecular flexibility index (Phi) is 7.05. The van der Waals surface area contributed by atoms with Crippen molar-refractivity contribution in [1.29, 1.82) is 0 Å². The summed E-state index contributed by atoms with van der Waals surface area (Å²) in [5, 5.41) is 2.90. The van der Waals surface area contributed by atoms with Gasteiger partial charge in [0.25, 0.3) is 5.91 Å². The fourth-order valence-electron chi connectivity index (χ4n) is 2.87. The number of amides is 1. The number of nitrogens with one attached hydrogen (secondary N) is 1. The van der Waals surface area contributed by atoms with Gasteiger partial charge in [-0.3, -0.25) is 4.79 Å². The quantitative estimate of drug-likeness (QED) is 0.551. The Morgan fingerprint density at radius 1 is 1.15 bits per heavy atom. The molecule has 0 bridgehead atoms. The number of rotatable bonds is 8. The van der Waals surface area contributed by atoms with Gasteiger partial charge in [0.05, 0.1) is 13.7 Å². The van der Waals surface area contributed by atoms with Crippen LogP contribution in [-0.2, 0) is 11.8 Å². The summed E-state index contributed by atoms with van der Waals surface area (Å²) in [6, 6.07) is 13.4. The molecule has 1 amide bonds. The molecular weight excluding hydrogens is 338 g/mol. The Balaban J connectivity index is 1.94. The van der Waals surface area contributed by atoms with Crippen LogP contribution in [0.1, 0.15) is 42.3 Å². The molecule has 0 aliphatic heterocycles. The highest BCUT2D eigenvalue weighted by molar-refractivity contribution is 5.94. The molecule has 2 aromatic carbocycles. The first-order chi connectivity index (χ1) is 12.9. The summed E-state index contributed by atoms with van der Waals surface area (Å²) < 4.78 is 11.2. The van der Waals surface area contributed by atoms with Crippen molar-refractivity contribution in [3.63, 3.8) is 0 Å². The highest BCUT2D eigenvalue weighted by Crippen LogP contribution is 2.30. The first-order valence-electron chi connectivity index (χ1n) is 9.15. The second kappa shape index (κ2) is 9.26. The zero-order valence-electron chi connectivity index (χ0n) is 16.7. The summed E-state index contributed by atoms with van der Waals surface area (Å²) >= 11 is 0. The van der Waals surface area contributed by atoms with Crippen LogP contribution in [0.5, 0.6) is 11.5 Å². The number of carbonyl (C=O) groups is 1. The molecule has 0 heterocycles. The summed E-state index contributed by atoms with van der Waals surface area (Å²) in [6.45, 7) is 11.1. The molecule has 27 heavy (non-hydrogen) atoms. The third-order valence-electron chi connectivity index (χ3n) is 4.25. The van der Waals surface area contributed by atoms with E-state index in [-0.39, 0.29) is 11.3 Å². The van der Waals surface area contributed by atoms with Gasteiger partial charge in [-0.05, 0) is 47.2 Å². The van der Waals surface area contributed by atoms with Gasteiger partial charge in [0.1, 0.15) is 18.1 Å². The molecule has 0 radical (unpaired) electrons. The van der Waals surface area contributed by atoms with E-state index in [1.54, 1.807) is 19.3 Å². The van der Waals surface area contributed by atoms with Crippen molar-refractivity contribution >= 4 is 5.91 Å². The molecule has 2 rings (SSSR count). The predicted molar refractivity (Wildman–Crippen MR) is 110 cm³/mol. The lowest BCUT2D eigenvalue weighted by Crippen LogP contribution is -2.28. The molecular formula is C23H29NO3. The fraction of sp³-hybridized carbons (Fsp3) is 0.348. The van der Waals surface area contributed by atoms with Crippen LogP contribution in [0.2, 0.25) is 0 Å². The van der Waals surface area contributed by atoms with E-state index in [4.69, 9.17) is 9.47 Å². The van der Waals surface area contributed by atoms with Crippen molar-refractivity contribution in [2.75, 3.05) is 20.3 Å². The molecule has 0 aliphatic carbocycles. The van der Waals surface area contributed by atoms with Gasteiger partial charge in [-0.25, -0.2) is 0 Å². The molecule has 144 valence electrons. The van der Waals surface area contributed by atoms with Gasteiger partial charge < -0.3 is 14.8 Å². The highest BCUT2D eigenvalue weighted by atomic mass is 16.5. The minimum atomic E-state index is -0.129. The van der Waals surface area contributed by atoms with E-state index in [1.165, 1.54) is 0 Å². The molecule has 4 heteroatoms. The van der Waals surface area contributed by atoms with E-state index in [0.29, 0.717) is 25.1 Å². The number of hydrogen-bond acceptors (Lipinski definition) is 3. The molecule has 0 saturated heterocycles. The smallest absolute Gasteiger partial charge is 0.251 e. The van der Waals surface area contributed by atoms with Gasteiger partial charge in [0, 0.05) is 5.56 Å². The maximum Gasteiger partial charge on any atom is 0.251 e. The van der Waals surface area contributed by atoms with Crippen LogP contribution in [-0.4, -0.2) is 26.2 Å². The van der Waals surface area contributed by atoms with E-state index in [2.05, 4.69) is 38.7 Å². The van der Waals surface area contributed by atoms with Gasteiger partial charge in [-0.1, -0.05) is 45.0 Å². The van der Waals surface area contributed by atoms with Crippen molar-refractivity contribution in [3.8, 4) is 11.5 Å². The Hall–Kier alpha value is -2.75. The first-order valence-corrected chi connectivity index (χ1v) is 9.15. The zero-order chi connectivity index (χ0) is 19.9. The van der Waals surface area contributed by atoms with Crippen LogP contribution in [0.15, 0.2) is 55.1 Å². The van der Waals surface area contributed by atoms with Crippen LogP contribution in [0.4, 0.5) is 0 Å². The maximum absolute atomic E-state index is 12.4. The standard InChI is InChI=1S/C23H29NO3/c1-6-9-17-16-18(12-13-20(17)26-5)22(25)24-14-15-27-21-11-8-7-10-19(21)23(2,3)4/h6-8,10-13,16H,1,9,14-15H2,2-5H3,(H,24,25). The topological polar surface area (TPSA) is 47.6 Å². The number of ether oxygens (including phenoxy) is 2. The maximum atomic E-state index is 12.4. The fourth-order valence-corrected chi connectivity index (χ4v) is 2.87. The summed E-state index contributed by atoms with van der Waals surface area (Å²) in [5.41, 5.74) is 2.70. The van der Waals surface area contributed by atoms with Gasteiger partial charge in [-0.15, -0.1) is 6.58 Å². The van der Waals surface area contributed by atoms with Gasteiger partial charge in [0.2, 0.25) is 0 Å². The van der Waals surface area contributed by atoms with E-state index in [1.807, 2.05) is 30.3 Å². The highest BCUT2D eigenvalue weighted by Gasteiger charge is 2.18. The summed E-state index contributed by atoms with van der Waals surface area (Å²) in [7, 11) is 1.62. The van der Waals surface area contributed by atoms with Gasteiger partial charge in [-0.2, -0.15) is 0 Å². The molecule has 1 N–H and O–H groups in total. The average Bonchev–Trinajstić information content (AvgIpc) is 2.65. The number of hydrogen-bond donors (Lipinski definition) is 1. The SMILES string of the molecule is C=CCc1cc(C(=O)NCCOc2ccccc2C(C)(C)C)ccc1OC. The lowest BCUT2D eigenvalue weighted by Gasteiger charge is -2.22. The summed E-state index contributed by atoms with van der Waals surface area (Å²) in [5.74, 6) is 1.49. The number of methoxy groups -OCH3 is 1. The Bertz CT molecular complexity index is 790. The Morgan fingerprint density at radius 2 is 1.89 bits per heavy atom. The van der Waals surface area contributed by atoms with E-state index in [9.17, 15) is 4.79 Å². The molecule has 0 aromatic heterocycles. The number of allylic oxidation sites excluding steroid dienone is 1. The second-order valence-corrected chi connectivity index (χ2v) is 7.37. The number of benzene rings is 2. The largest absolute Gasteiger partial charge is 0.496 e. The number of para-hydroxylation sites is 1. The summed E-state index contributed by atoms with van der Waals surface area (Å²) in [4.78, 5) is 12.4. The molecule has 0 aliphatic rings. The molecule has 0 spiro atoms. The van der Waals surface area contributed by atoms with Crippen LogP contribution >= 0.6 is 0 Å². The zero-order valence-corrected chi connectivity index (χ0v) is 16.7. The van der Waals surface area contributed by atoms with Crippen molar-refractivity contribution in [3.05, 3.63) is 71.8 Å². The molecule has 2 aromatic rings. The molecule has 4 nitrogen and oxygen atoms in total. The minimum absolute atomic E-state index is 0.00445. The van der Waals surface area contributed by atoms with E-state index in [0.717, 1.165) is 22.6 Å². The van der Waals surface area contributed by atoms with Crippen LogP contribution in [0.3, 0.4) is 0 Å². The summed E-state index contributed by atoms with van der Waals surface area (Å²) in [6.07, 6.45) is 2.44. The Labute approximate surface area is 162 Å². The third-order valence-corrected chi connectivity index (χ3v) is 4.25. The molecule has 0 unspecified atom stereocenters. The van der Waals surface area contributed by atoms with Crippen molar-refractivity contribution < 1.29 is 14.3 Å². The van der Waals surface area contributed by atoms with Crippen molar-refractivity contribution in [2.24, 2.45) is 0 Å². The van der Waals surface area contributed by atoms with E-state index >= 15 is 0 Å². The first kappa shape index (κ1) is 20.6. The molecule has 0 fully saturated rings.